The number of anilines is 1. The average molecular weight is 463 g/mol. The van der Waals surface area contributed by atoms with Crippen LogP contribution in [0, 0.1) is 6.92 Å². The molecule has 11 nitrogen and oxygen atoms in total. The summed E-state index contributed by atoms with van der Waals surface area (Å²) in [6.07, 6.45) is -4.39. The van der Waals surface area contributed by atoms with E-state index in [1.165, 1.54) is 25.8 Å². The van der Waals surface area contributed by atoms with Crippen molar-refractivity contribution in [2.24, 2.45) is 5.10 Å². The van der Waals surface area contributed by atoms with E-state index in [-0.39, 0.29) is 22.9 Å². The van der Waals surface area contributed by atoms with E-state index in [0.717, 1.165) is 0 Å². The Labute approximate surface area is 182 Å². The Morgan fingerprint density at radius 3 is 2.23 bits per heavy atom. The maximum absolute atomic E-state index is 11.7. The van der Waals surface area contributed by atoms with Crippen molar-refractivity contribution in [3.63, 3.8) is 0 Å². The third kappa shape index (κ3) is 5.55. The summed E-state index contributed by atoms with van der Waals surface area (Å²) in [5.41, 5.74) is 0.395. The molecule has 1 aliphatic heterocycles. The van der Waals surface area contributed by atoms with Gasteiger partial charge in [0.15, 0.2) is 24.3 Å². The largest absolute Gasteiger partial charge is 0.463 e. The molecule has 4 atom stereocenters. The quantitative estimate of drug-likeness (QED) is 0.147. The van der Waals surface area contributed by atoms with Crippen molar-refractivity contribution in [3.8, 4) is 0 Å². The Hall–Kier alpha value is -2.50. The second-order valence-electron chi connectivity index (χ2n) is 6.23. The number of carbonyl (C=O) groups excluding carboxylic acids is 3. The molecule has 0 amide bonds. The normalized spacial score (nSPS) is 22.9. The lowest BCUT2D eigenvalue weighted by Gasteiger charge is -2.29. The second-order valence-corrected chi connectivity index (χ2v) is 6.93. The van der Waals surface area contributed by atoms with Crippen molar-refractivity contribution in [2.75, 3.05) is 11.6 Å². The van der Waals surface area contributed by atoms with Gasteiger partial charge in [-0.2, -0.15) is 10.1 Å². The number of halogens is 2. The van der Waals surface area contributed by atoms with Crippen LogP contribution in [0.3, 0.4) is 0 Å². The van der Waals surface area contributed by atoms with Crippen molar-refractivity contribution < 1.29 is 33.3 Å². The molecule has 0 spiro atoms. The molecule has 1 fully saturated rings. The maximum atomic E-state index is 11.7. The molecular formula is C17H20Cl2N4O7. The number of aromatic nitrogens is 2. The van der Waals surface area contributed by atoms with Crippen LogP contribution in [-0.4, -0.2) is 65.7 Å². The van der Waals surface area contributed by atoms with Gasteiger partial charge in [-0.15, -0.1) is 0 Å². The molecule has 2 heterocycles. The standard InChI is InChI=1S/C17H20Cl2N4O7/c1-7-14(18)21-17(19)22-15(7)23(20-5)16-13(29-10(4)26)12(28-9(3)25)11(30-16)6-27-8(2)24/h11-13,16H,5-6H2,1-4H3/t11-,12-,13-,16-/m1/s1. The van der Waals surface area contributed by atoms with Gasteiger partial charge in [0.05, 0.1) is 0 Å². The topological polar surface area (TPSA) is 130 Å². The molecule has 1 aliphatic rings. The highest BCUT2D eigenvalue weighted by Gasteiger charge is 2.52. The maximum Gasteiger partial charge on any atom is 0.303 e. The van der Waals surface area contributed by atoms with Gasteiger partial charge in [0.1, 0.15) is 17.9 Å². The minimum absolute atomic E-state index is 0.0636. The lowest BCUT2D eigenvalue weighted by Crippen LogP contribution is -2.46. The summed E-state index contributed by atoms with van der Waals surface area (Å²) in [5.74, 6) is -1.77. The molecule has 164 valence electrons. The van der Waals surface area contributed by atoms with E-state index in [0.29, 0.717) is 5.56 Å². The average Bonchev–Trinajstić information content (AvgIpc) is 2.94. The molecule has 0 radical (unpaired) electrons. The Bertz CT molecular complexity index is 854. The molecule has 0 aromatic carbocycles. The Morgan fingerprint density at radius 2 is 1.70 bits per heavy atom. The highest BCUT2D eigenvalue weighted by molar-refractivity contribution is 6.32. The van der Waals surface area contributed by atoms with Crippen LogP contribution in [0.5, 0.6) is 0 Å². The van der Waals surface area contributed by atoms with Crippen LogP contribution in [-0.2, 0) is 33.3 Å². The number of ether oxygens (including phenoxy) is 4. The van der Waals surface area contributed by atoms with E-state index in [9.17, 15) is 14.4 Å². The number of rotatable bonds is 7. The van der Waals surface area contributed by atoms with Gasteiger partial charge in [0.25, 0.3) is 0 Å². The molecule has 0 unspecified atom stereocenters. The van der Waals surface area contributed by atoms with E-state index in [4.69, 9.17) is 42.1 Å². The first-order valence-electron chi connectivity index (χ1n) is 8.63. The van der Waals surface area contributed by atoms with Gasteiger partial charge < -0.3 is 18.9 Å². The monoisotopic (exact) mass is 462 g/mol. The summed E-state index contributed by atoms with van der Waals surface area (Å²) in [7, 11) is 0. The second kappa shape index (κ2) is 10.0. The molecule has 0 saturated carbocycles. The van der Waals surface area contributed by atoms with Crippen LogP contribution in [0.25, 0.3) is 0 Å². The zero-order valence-electron chi connectivity index (χ0n) is 16.6. The number of esters is 3. The van der Waals surface area contributed by atoms with Gasteiger partial charge in [-0.05, 0) is 18.5 Å². The molecule has 0 aliphatic carbocycles. The third-order valence-electron chi connectivity index (χ3n) is 3.98. The van der Waals surface area contributed by atoms with Gasteiger partial charge in [0.2, 0.25) is 5.28 Å². The SMILES string of the molecule is C=NN(c1nc(Cl)nc(Cl)c1C)[C@@H]1O[C@H](COC(C)=O)[C@@H](OC(C)=O)[C@H]1OC(C)=O. The predicted octanol–water partition coefficient (Wildman–Crippen LogP) is 1.67. The summed E-state index contributed by atoms with van der Waals surface area (Å²) in [6.45, 7) is 8.41. The molecule has 0 bridgehead atoms. The minimum Gasteiger partial charge on any atom is -0.463 e. The predicted molar refractivity (Wildman–Crippen MR) is 105 cm³/mol. The van der Waals surface area contributed by atoms with Crippen molar-refractivity contribution in [1.29, 1.82) is 0 Å². The molecule has 30 heavy (non-hydrogen) atoms. The number of carbonyl (C=O) groups is 3. The third-order valence-corrected chi connectivity index (χ3v) is 4.52. The molecule has 13 heteroatoms. The highest BCUT2D eigenvalue weighted by atomic mass is 35.5. The van der Waals surface area contributed by atoms with Crippen molar-refractivity contribution >= 4 is 53.6 Å². The smallest absolute Gasteiger partial charge is 0.303 e. The Balaban J connectivity index is 2.50. The fourth-order valence-corrected chi connectivity index (χ4v) is 3.21. The van der Waals surface area contributed by atoms with E-state index < -0.39 is 42.4 Å². The van der Waals surface area contributed by atoms with Crippen molar-refractivity contribution in [1.82, 2.24) is 9.97 Å². The van der Waals surface area contributed by atoms with Crippen LogP contribution in [0.1, 0.15) is 26.3 Å². The Morgan fingerprint density at radius 1 is 1.10 bits per heavy atom. The van der Waals surface area contributed by atoms with Gasteiger partial charge in [-0.25, -0.2) is 9.99 Å². The fourth-order valence-electron chi connectivity index (χ4n) is 2.83. The molecule has 1 aromatic heterocycles. The molecule has 0 N–H and O–H groups in total. The minimum atomic E-state index is -1.16. The zero-order valence-corrected chi connectivity index (χ0v) is 18.1. The summed E-state index contributed by atoms with van der Waals surface area (Å²) >= 11 is 12.0. The van der Waals surface area contributed by atoms with Crippen LogP contribution >= 0.6 is 23.2 Å². The van der Waals surface area contributed by atoms with E-state index in [2.05, 4.69) is 21.8 Å². The van der Waals surface area contributed by atoms with E-state index in [1.54, 1.807) is 6.92 Å². The summed E-state index contributed by atoms with van der Waals surface area (Å²) in [5, 5.41) is 4.97. The van der Waals surface area contributed by atoms with Crippen LogP contribution in [0.15, 0.2) is 5.10 Å². The number of hydrogen-bond donors (Lipinski definition) is 0. The molecule has 1 aromatic rings. The highest BCUT2D eigenvalue weighted by Crippen LogP contribution is 2.34. The van der Waals surface area contributed by atoms with Crippen LogP contribution < -0.4 is 5.01 Å². The lowest BCUT2D eigenvalue weighted by molar-refractivity contribution is -0.165. The molecule has 1 saturated heterocycles. The van der Waals surface area contributed by atoms with Gasteiger partial charge in [-0.1, -0.05) is 11.6 Å². The van der Waals surface area contributed by atoms with E-state index in [1.807, 2.05) is 0 Å². The van der Waals surface area contributed by atoms with Gasteiger partial charge in [-0.3, -0.25) is 14.4 Å². The van der Waals surface area contributed by atoms with Gasteiger partial charge >= 0.3 is 17.9 Å². The summed E-state index contributed by atoms with van der Waals surface area (Å²) in [4.78, 5) is 42.6. The van der Waals surface area contributed by atoms with Crippen molar-refractivity contribution in [2.45, 2.75) is 52.2 Å². The number of nitrogens with zero attached hydrogens (tertiary/aromatic N) is 4. The number of hydrogen-bond acceptors (Lipinski definition) is 11. The Kier molecular flexibility index (Phi) is 7.93. The summed E-state index contributed by atoms with van der Waals surface area (Å²) in [6, 6.07) is 0. The first kappa shape index (κ1) is 23.8. The lowest BCUT2D eigenvalue weighted by atomic mass is 10.1. The number of hydrazone groups is 1. The van der Waals surface area contributed by atoms with Crippen molar-refractivity contribution in [3.05, 3.63) is 16.0 Å². The van der Waals surface area contributed by atoms with Crippen LogP contribution in [0.2, 0.25) is 10.4 Å². The van der Waals surface area contributed by atoms with E-state index >= 15 is 0 Å². The van der Waals surface area contributed by atoms with Crippen LogP contribution in [0.4, 0.5) is 5.82 Å². The first-order valence-corrected chi connectivity index (χ1v) is 9.39. The zero-order chi connectivity index (χ0) is 22.6. The fraction of sp³-hybridized carbons (Fsp3) is 0.529. The van der Waals surface area contributed by atoms with Gasteiger partial charge in [0, 0.05) is 33.1 Å². The first-order chi connectivity index (χ1) is 14.0. The molecule has 2 rings (SSSR count). The summed E-state index contributed by atoms with van der Waals surface area (Å²) < 4.78 is 21.5. The molecular weight excluding hydrogens is 443 g/mol.